The van der Waals surface area contributed by atoms with Gasteiger partial charge in [0.25, 0.3) is 11.8 Å². The Bertz CT molecular complexity index is 1200. The lowest BCUT2D eigenvalue weighted by molar-refractivity contribution is -0.120. The number of hydrogen-bond donors (Lipinski definition) is 1. The monoisotopic (exact) mass is 426 g/mol. The van der Waals surface area contributed by atoms with Crippen LogP contribution >= 0.6 is 0 Å². The van der Waals surface area contributed by atoms with Gasteiger partial charge in [-0.2, -0.15) is 0 Å². The average molecular weight is 427 g/mol. The molecule has 0 unspecified atom stereocenters. The van der Waals surface area contributed by atoms with Crippen molar-refractivity contribution in [1.82, 2.24) is 0 Å². The van der Waals surface area contributed by atoms with Gasteiger partial charge in [-0.3, -0.25) is 9.59 Å². The molecule has 0 saturated carbocycles. The van der Waals surface area contributed by atoms with Crippen LogP contribution in [-0.2, 0) is 9.59 Å². The average Bonchev–Trinajstić information content (AvgIpc) is 2.99. The minimum atomic E-state index is -0.376. The summed E-state index contributed by atoms with van der Waals surface area (Å²) in [6.07, 6.45) is 0.0705. The van der Waals surface area contributed by atoms with Crippen LogP contribution in [-0.4, -0.2) is 17.9 Å². The standard InChI is InChI=1S/C27H26N2O3/c1-17(2)32-22-13-11-20(12-14-22)28-25-24(23-15-10-18(3)16-19(23)4)26(30)29(27(25)31)21-8-6-5-7-9-21/h5-17,28H,1-4H3. The van der Waals surface area contributed by atoms with Crippen molar-refractivity contribution in [1.29, 1.82) is 0 Å². The predicted molar refractivity (Wildman–Crippen MR) is 128 cm³/mol. The van der Waals surface area contributed by atoms with Gasteiger partial charge in [-0.05, 0) is 75.2 Å². The fraction of sp³-hybridized carbons (Fsp3) is 0.185. The number of benzene rings is 3. The number of nitrogens with zero attached hydrogens (tertiary/aromatic N) is 1. The lowest BCUT2D eigenvalue weighted by Gasteiger charge is -2.15. The van der Waals surface area contributed by atoms with Gasteiger partial charge in [0.2, 0.25) is 0 Å². The lowest BCUT2D eigenvalue weighted by atomic mass is 9.97. The van der Waals surface area contributed by atoms with Crippen molar-refractivity contribution in [3.8, 4) is 5.75 Å². The molecule has 3 aromatic carbocycles. The van der Waals surface area contributed by atoms with Crippen LogP contribution in [0.25, 0.3) is 5.57 Å². The van der Waals surface area contributed by atoms with Gasteiger partial charge in [0.1, 0.15) is 11.4 Å². The van der Waals surface area contributed by atoms with Crippen LogP contribution in [0.2, 0.25) is 0 Å². The number of nitrogens with one attached hydrogen (secondary N) is 1. The third-order valence-corrected chi connectivity index (χ3v) is 5.24. The second-order valence-electron chi connectivity index (χ2n) is 8.17. The molecule has 4 rings (SSSR count). The maximum Gasteiger partial charge on any atom is 0.282 e. The molecule has 1 aliphatic rings. The number of para-hydroxylation sites is 1. The van der Waals surface area contributed by atoms with Gasteiger partial charge in [-0.25, -0.2) is 4.90 Å². The molecule has 0 aliphatic carbocycles. The molecule has 3 aromatic rings. The summed E-state index contributed by atoms with van der Waals surface area (Å²) >= 11 is 0. The first kappa shape index (κ1) is 21.4. The van der Waals surface area contributed by atoms with Crippen molar-refractivity contribution < 1.29 is 14.3 Å². The molecule has 0 radical (unpaired) electrons. The van der Waals surface area contributed by atoms with E-state index < -0.39 is 0 Å². The Labute approximate surface area is 188 Å². The van der Waals surface area contributed by atoms with Gasteiger partial charge in [0.05, 0.1) is 17.4 Å². The molecular weight excluding hydrogens is 400 g/mol. The molecule has 1 N–H and O–H groups in total. The normalized spacial score (nSPS) is 13.8. The van der Waals surface area contributed by atoms with Crippen LogP contribution < -0.4 is 15.0 Å². The second kappa shape index (κ2) is 8.71. The molecule has 5 nitrogen and oxygen atoms in total. The minimum absolute atomic E-state index is 0.0705. The lowest BCUT2D eigenvalue weighted by Crippen LogP contribution is -2.32. The van der Waals surface area contributed by atoms with Gasteiger partial charge >= 0.3 is 0 Å². The van der Waals surface area contributed by atoms with E-state index in [4.69, 9.17) is 4.74 Å². The Morgan fingerprint density at radius 1 is 0.844 bits per heavy atom. The van der Waals surface area contributed by atoms with E-state index in [0.29, 0.717) is 16.9 Å². The highest BCUT2D eigenvalue weighted by molar-refractivity contribution is 6.46. The van der Waals surface area contributed by atoms with Crippen LogP contribution in [0.15, 0.2) is 78.5 Å². The van der Waals surface area contributed by atoms with Crippen molar-refractivity contribution in [2.24, 2.45) is 0 Å². The van der Waals surface area contributed by atoms with E-state index in [1.165, 1.54) is 4.90 Å². The summed E-state index contributed by atoms with van der Waals surface area (Å²) in [5, 5.41) is 3.20. The molecule has 5 heteroatoms. The summed E-state index contributed by atoms with van der Waals surface area (Å²) in [4.78, 5) is 28.2. The maximum absolute atomic E-state index is 13.5. The van der Waals surface area contributed by atoms with Crippen molar-refractivity contribution in [2.75, 3.05) is 10.2 Å². The topological polar surface area (TPSA) is 58.6 Å². The fourth-order valence-electron chi connectivity index (χ4n) is 3.83. The fourth-order valence-corrected chi connectivity index (χ4v) is 3.83. The molecule has 0 saturated heterocycles. The third-order valence-electron chi connectivity index (χ3n) is 5.24. The SMILES string of the molecule is Cc1ccc(C2=C(Nc3ccc(OC(C)C)cc3)C(=O)N(c3ccccc3)C2=O)c(C)c1. The molecule has 0 aromatic heterocycles. The van der Waals surface area contributed by atoms with Crippen LogP contribution in [0, 0.1) is 13.8 Å². The Hall–Kier alpha value is -3.86. The van der Waals surface area contributed by atoms with E-state index in [1.54, 1.807) is 12.1 Å². The van der Waals surface area contributed by atoms with Crippen LogP contribution in [0.1, 0.15) is 30.5 Å². The first-order valence-corrected chi connectivity index (χ1v) is 10.6. The number of imide groups is 1. The summed E-state index contributed by atoms with van der Waals surface area (Å²) in [5.74, 6) is 0.0305. The largest absolute Gasteiger partial charge is 0.491 e. The molecule has 32 heavy (non-hydrogen) atoms. The summed E-state index contributed by atoms with van der Waals surface area (Å²) in [5.41, 5.74) is 4.67. The van der Waals surface area contributed by atoms with Gasteiger partial charge in [-0.1, -0.05) is 42.0 Å². The smallest absolute Gasteiger partial charge is 0.282 e. The summed E-state index contributed by atoms with van der Waals surface area (Å²) in [6.45, 7) is 7.89. The molecule has 1 heterocycles. The van der Waals surface area contributed by atoms with E-state index in [9.17, 15) is 9.59 Å². The van der Waals surface area contributed by atoms with Gasteiger partial charge in [-0.15, -0.1) is 0 Å². The van der Waals surface area contributed by atoms with Gasteiger partial charge in [0, 0.05) is 5.69 Å². The van der Waals surface area contributed by atoms with Crippen molar-refractivity contribution >= 4 is 28.8 Å². The Morgan fingerprint density at radius 3 is 2.16 bits per heavy atom. The Kier molecular flexibility index (Phi) is 5.82. The summed E-state index contributed by atoms with van der Waals surface area (Å²) in [7, 11) is 0. The second-order valence-corrected chi connectivity index (χ2v) is 8.17. The molecule has 0 fully saturated rings. The molecule has 1 aliphatic heterocycles. The predicted octanol–water partition coefficient (Wildman–Crippen LogP) is 5.49. The summed E-state index contributed by atoms with van der Waals surface area (Å²) < 4.78 is 5.70. The van der Waals surface area contributed by atoms with E-state index in [0.717, 1.165) is 22.4 Å². The number of rotatable bonds is 6. The molecule has 0 bridgehead atoms. The molecule has 0 spiro atoms. The van der Waals surface area contributed by atoms with E-state index in [-0.39, 0.29) is 23.6 Å². The van der Waals surface area contributed by atoms with E-state index in [1.807, 2.05) is 88.4 Å². The van der Waals surface area contributed by atoms with Crippen LogP contribution in [0.5, 0.6) is 5.75 Å². The third kappa shape index (κ3) is 4.14. The molecule has 162 valence electrons. The number of carbonyl (C=O) groups excluding carboxylic acids is 2. The number of ether oxygens (including phenoxy) is 1. The zero-order valence-electron chi connectivity index (χ0n) is 18.7. The zero-order chi connectivity index (χ0) is 22.8. The van der Waals surface area contributed by atoms with E-state index >= 15 is 0 Å². The number of anilines is 2. The highest BCUT2D eigenvalue weighted by atomic mass is 16.5. The summed E-state index contributed by atoms with van der Waals surface area (Å²) in [6, 6.07) is 22.2. The first-order valence-electron chi connectivity index (χ1n) is 10.6. The molecule has 0 atom stereocenters. The molecular formula is C27H26N2O3. The Morgan fingerprint density at radius 2 is 1.53 bits per heavy atom. The zero-order valence-corrected chi connectivity index (χ0v) is 18.7. The van der Waals surface area contributed by atoms with Gasteiger partial charge < -0.3 is 10.1 Å². The number of aryl methyl sites for hydroxylation is 2. The van der Waals surface area contributed by atoms with Crippen LogP contribution in [0.3, 0.4) is 0 Å². The Balaban J connectivity index is 1.77. The van der Waals surface area contributed by atoms with Crippen molar-refractivity contribution in [3.05, 3.63) is 95.2 Å². The van der Waals surface area contributed by atoms with Crippen molar-refractivity contribution in [2.45, 2.75) is 33.8 Å². The quantitative estimate of drug-likeness (QED) is 0.530. The number of amides is 2. The van der Waals surface area contributed by atoms with Crippen molar-refractivity contribution in [3.63, 3.8) is 0 Å². The number of carbonyl (C=O) groups is 2. The molecule has 2 amide bonds. The minimum Gasteiger partial charge on any atom is -0.491 e. The highest BCUT2D eigenvalue weighted by Crippen LogP contribution is 2.35. The maximum atomic E-state index is 13.5. The highest BCUT2D eigenvalue weighted by Gasteiger charge is 2.40. The number of hydrogen-bond acceptors (Lipinski definition) is 4. The van der Waals surface area contributed by atoms with Gasteiger partial charge in [0.15, 0.2) is 0 Å². The van der Waals surface area contributed by atoms with E-state index in [2.05, 4.69) is 5.32 Å². The van der Waals surface area contributed by atoms with Crippen LogP contribution in [0.4, 0.5) is 11.4 Å². The first-order chi connectivity index (χ1) is 15.3.